The first kappa shape index (κ1) is 9.17. The molecular weight excluding hydrogens is 200 g/mol. The predicted molar refractivity (Wildman–Crippen MR) is 60.0 cm³/mol. The van der Waals surface area contributed by atoms with Crippen LogP contribution in [0.25, 0.3) is 10.2 Å². The molecule has 0 spiro atoms. The van der Waals surface area contributed by atoms with Gasteiger partial charge < -0.3 is 22.0 Å². The van der Waals surface area contributed by atoms with Crippen molar-refractivity contribution in [3.63, 3.8) is 0 Å². The second-order valence-electron chi connectivity index (χ2n) is 2.91. The lowest BCUT2D eigenvalue weighted by Gasteiger charge is -2.08. The van der Waals surface area contributed by atoms with Gasteiger partial charge in [0.25, 0.3) is 0 Å². The number of nitrogen functional groups attached to an aromatic ring is 2. The second kappa shape index (κ2) is 3.39. The molecular formula is C8H12N4OS. The molecule has 0 bridgehead atoms. The van der Waals surface area contributed by atoms with Crippen LogP contribution < -0.4 is 16.9 Å². The molecule has 6 N–H and O–H groups in total. The summed E-state index contributed by atoms with van der Waals surface area (Å²) < 4.78 is 1.71. The van der Waals surface area contributed by atoms with Crippen LogP contribution in [-0.4, -0.2) is 22.9 Å². The van der Waals surface area contributed by atoms with Gasteiger partial charge in [-0.15, -0.1) is 11.3 Å². The highest BCUT2D eigenvalue weighted by Crippen LogP contribution is 2.32. The Morgan fingerprint density at radius 3 is 3.00 bits per heavy atom. The van der Waals surface area contributed by atoms with Crippen LogP contribution in [0.3, 0.4) is 0 Å². The lowest BCUT2D eigenvalue weighted by Crippen LogP contribution is -2.19. The maximum absolute atomic E-state index is 8.70. The number of hydrogen-bond acceptors (Lipinski definition) is 5. The number of nitrogens with one attached hydrogen (secondary N) is 1. The SMILES string of the molecule is Nc1c(N)n(NCCO)c2sccc12. The molecule has 5 nitrogen and oxygen atoms in total. The van der Waals surface area contributed by atoms with Gasteiger partial charge in [-0.3, -0.25) is 0 Å². The van der Waals surface area contributed by atoms with Crippen molar-refractivity contribution in [2.24, 2.45) is 0 Å². The smallest absolute Gasteiger partial charge is 0.147 e. The van der Waals surface area contributed by atoms with Crippen molar-refractivity contribution >= 4 is 33.1 Å². The zero-order chi connectivity index (χ0) is 10.1. The van der Waals surface area contributed by atoms with E-state index in [0.717, 1.165) is 10.2 Å². The van der Waals surface area contributed by atoms with Crippen LogP contribution in [0.1, 0.15) is 0 Å². The Bertz CT molecular complexity index is 447. The van der Waals surface area contributed by atoms with Crippen molar-refractivity contribution in [2.75, 3.05) is 30.0 Å². The van der Waals surface area contributed by atoms with Crippen LogP contribution in [-0.2, 0) is 0 Å². The molecule has 0 atom stereocenters. The molecule has 2 heterocycles. The zero-order valence-electron chi connectivity index (χ0n) is 7.53. The quantitative estimate of drug-likeness (QED) is 0.593. The lowest BCUT2D eigenvalue weighted by molar-refractivity contribution is 0.307. The summed E-state index contributed by atoms with van der Waals surface area (Å²) in [6.07, 6.45) is 0. The molecule has 76 valence electrons. The average Bonchev–Trinajstić information content (AvgIpc) is 2.72. The Kier molecular flexibility index (Phi) is 2.22. The van der Waals surface area contributed by atoms with Gasteiger partial charge in [0.15, 0.2) is 0 Å². The molecule has 2 aromatic heterocycles. The van der Waals surface area contributed by atoms with Gasteiger partial charge in [0.05, 0.1) is 18.8 Å². The molecule has 2 rings (SSSR count). The third-order valence-electron chi connectivity index (χ3n) is 2.04. The zero-order valence-corrected chi connectivity index (χ0v) is 8.34. The van der Waals surface area contributed by atoms with Crippen molar-refractivity contribution in [3.05, 3.63) is 11.4 Å². The Labute approximate surface area is 84.9 Å². The molecule has 0 radical (unpaired) electrons. The van der Waals surface area contributed by atoms with Crippen LogP contribution in [0.2, 0.25) is 0 Å². The maximum Gasteiger partial charge on any atom is 0.147 e. The second-order valence-corrected chi connectivity index (χ2v) is 3.80. The van der Waals surface area contributed by atoms with E-state index in [1.165, 1.54) is 0 Å². The van der Waals surface area contributed by atoms with Crippen molar-refractivity contribution in [1.29, 1.82) is 0 Å². The summed E-state index contributed by atoms with van der Waals surface area (Å²) in [6, 6.07) is 1.93. The number of thiophene rings is 1. The number of aliphatic hydroxyl groups is 1. The molecule has 0 aliphatic carbocycles. The Hall–Kier alpha value is -1.40. The maximum atomic E-state index is 8.70. The summed E-state index contributed by atoms with van der Waals surface area (Å²) >= 11 is 1.56. The third-order valence-corrected chi connectivity index (χ3v) is 2.93. The minimum atomic E-state index is 0.0599. The fraction of sp³-hybridized carbons (Fsp3) is 0.250. The van der Waals surface area contributed by atoms with E-state index in [1.807, 2.05) is 11.4 Å². The number of aliphatic hydroxyl groups excluding tert-OH is 1. The topological polar surface area (TPSA) is 89.2 Å². The monoisotopic (exact) mass is 212 g/mol. The summed E-state index contributed by atoms with van der Waals surface area (Å²) in [5, 5.41) is 11.6. The first-order valence-corrected chi connectivity index (χ1v) is 5.11. The van der Waals surface area contributed by atoms with Gasteiger partial charge in [-0.25, -0.2) is 4.68 Å². The van der Waals surface area contributed by atoms with E-state index in [-0.39, 0.29) is 6.61 Å². The number of rotatable bonds is 3. The van der Waals surface area contributed by atoms with Gasteiger partial charge >= 0.3 is 0 Å². The molecule has 2 aromatic rings. The van der Waals surface area contributed by atoms with Gasteiger partial charge in [0, 0.05) is 5.39 Å². The Morgan fingerprint density at radius 1 is 1.50 bits per heavy atom. The molecule has 0 aliphatic heterocycles. The van der Waals surface area contributed by atoms with E-state index in [2.05, 4.69) is 5.43 Å². The molecule has 0 amide bonds. The minimum Gasteiger partial charge on any atom is -0.395 e. The molecule has 14 heavy (non-hydrogen) atoms. The minimum absolute atomic E-state index is 0.0599. The van der Waals surface area contributed by atoms with Crippen LogP contribution in [0, 0.1) is 0 Å². The highest BCUT2D eigenvalue weighted by Gasteiger charge is 2.12. The highest BCUT2D eigenvalue weighted by molar-refractivity contribution is 7.17. The average molecular weight is 212 g/mol. The third kappa shape index (κ3) is 1.19. The summed E-state index contributed by atoms with van der Waals surface area (Å²) in [7, 11) is 0. The van der Waals surface area contributed by atoms with E-state index in [4.69, 9.17) is 16.6 Å². The van der Waals surface area contributed by atoms with Gasteiger partial charge in [-0.1, -0.05) is 0 Å². The first-order valence-electron chi connectivity index (χ1n) is 4.23. The largest absolute Gasteiger partial charge is 0.395 e. The number of anilines is 2. The number of nitrogens with two attached hydrogens (primary N) is 2. The summed E-state index contributed by atoms with van der Waals surface area (Å²) in [5.74, 6) is 0.500. The van der Waals surface area contributed by atoms with Crippen molar-refractivity contribution in [3.8, 4) is 0 Å². The standard InChI is InChI=1S/C8H12N4OS/c9-6-5-1-4-14-8(5)12(7(6)10)11-2-3-13/h1,4,11,13H,2-3,9-10H2. The first-order chi connectivity index (χ1) is 6.75. The lowest BCUT2D eigenvalue weighted by atomic mass is 10.3. The van der Waals surface area contributed by atoms with E-state index in [0.29, 0.717) is 18.1 Å². The van der Waals surface area contributed by atoms with Crippen LogP contribution in [0.5, 0.6) is 0 Å². The molecule has 0 aliphatic rings. The normalized spacial score (nSPS) is 10.9. The van der Waals surface area contributed by atoms with E-state index in [9.17, 15) is 0 Å². The van der Waals surface area contributed by atoms with Crippen LogP contribution >= 0.6 is 11.3 Å². The van der Waals surface area contributed by atoms with Crippen LogP contribution in [0.15, 0.2) is 11.4 Å². The molecule has 0 aromatic carbocycles. The molecule has 0 saturated carbocycles. The van der Waals surface area contributed by atoms with Gasteiger partial charge in [-0.05, 0) is 11.4 Å². The molecule has 6 heteroatoms. The van der Waals surface area contributed by atoms with Crippen molar-refractivity contribution in [1.82, 2.24) is 4.68 Å². The Balaban J connectivity index is 2.50. The summed E-state index contributed by atoms with van der Waals surface area (Å²) in [6.45, 7) is 0.510. The molecule has 0 fully saturated rings. The van der Waals surface area contributed by atoms with Crippen molar-refractivity contribution in [2.45, 2.75) is 0 Å². The van der Waals surface area contributed by atoms with Crippen molar-refractivity contribution < 1.29 is 5.11 Å². The fourth-order valence-corrected chi connectivity index (χ4v) is 2.27. The predicted octanol–water partition coefficient (Wildman–Crippen LogP) is 0.403. The fourth-order valence-electron chi connectivity index (χ4n) is 1.37. The molecule has 0 unspecified atom stereocenters. The van der Waals surface area contributed by atoms with E-state index in [1.54, 1.807) is 16.0 Å². The Morgan fingerprint density at radius 2 is 2.29 bits per heavy atom. The highest BCUT2D eigenvalue weighted by atomic mass is 32.1. The number of hydrogen-bond donors (Lipinski definition) is 4. The summed E-state index contributed by atoms with van der Waals surface area (Å²) in [4.78, 5) is 0.980. The van der Waals surface area contributed by atoms with Gasteiger partial charge in [0.2, 0.25) is 0 Å². The van der Waals surface area contributed by atoms with Gasteiger partial charge in [-0.2, -0.15) is 0 Å². The molecule has 0 saturated heterocycles. The number of aromatic nitrogens is 1. The summed E-state index contributed by atoms with van der Waals surface area (Å²) in [5.41, 5.74) is 15.2. The van der Waals surface area contributed by atoms with E-state index >= 15 is 0 Å². The van der Waals surface area contributed by atoms with Crippen LogP contribution in [0.4, 0.5) is 11.5 Å². The van der Waals surface area contributed by atoms with E-state index < -0.39 is 0 Å². The van der Waals surface area contributed by atoms with Gasteiger partial charge in [0.1, 0.15) is 10.6 Å². The number of fused-ring (bicyclic) bond motifs is 1. The number of nitrogens with zero attached hydrogens (tertiary/aromatic N) is 1.